The molecule has 1 aliphatic heterocycles. The highest BCUT2D eigenvalue weighted by Crippen LogP contribution is 2.41. The molecule has 2 aliphatic rings. The van der Waals surface area contributed by atoms with Gasteiger partial charge in [-0.05, 0) is 50.2 Å². The molecule has 0 spiro atoms. The number of amidine groups is 1. The number of benzene rings is 1. The summed E-state index contributed by atoms with van der Waals surface area (Å²) in [6.07, 6.45) is 6.55. The molecule has 2 fully saturated rings. The number of aryl methyl sites for hydroxylation is 1. The van der Waals surface area contributed by atoms with Crippen molar-refractivity contribution in [2.75, 3.05) is 11.4 Å². The van der Waals surface area contributed by atoms with Crippen LogP contribution in [0.25, 0.3) is 0 Å². The molecule has 20 heavy (non-hydrogen) atoms. The molecular weight excluding hydrogens is 250 g/mol. The van der Waals surface area contributed by atoms with E-state index in [4.69, 9.17) is 10.9 Å². The summed E-state index contributed by atoms with van der Waals surface area (Å²) in [5.41, 5.74) is 9.12. The summed E-state index contributed by atoms with van der Waals surface area (Å²) in [5.74, 6) is 1.03. The van der Waals surface area contributed by atoms with E-state index in [1.54, 1.807) is 0 Å². The molecule has 0 radical (unpaired) electrons. The van der Waals surface area contributed by atoms with Gasteiger partial charge in [0.1, 0.15) is 0 Å². The van der Waals surface area contributed by atoms with E-state index in [1.807, 2.05) is 12.1 Å². The molecule has 4 nitrogen and oxygen atoms in total. The summed E-state index contributed by atoms with van der Waals surface area (Å²) in [4.78, 5) is 2.52. The van der Waals surface area contributed by atoms with E-state index < -0.39 is 0 Å². The number of anilines is 1. The number of para-hydroxylation sites is 1. The van der Waals surface area contributed by atoms with Crippen molar-refractivity contribution in [2.24, 2.45) is 16.8 Å². The first kappa shape index (κ1) is 13.3. The number of rotatable bonds is 2. The number of piperidine rings is 1. The molecule has 2 atom stereocenters. The zero-order chi connectivity index (χ0) is 14.1. The van der Waals surface area contributed by atoms with Crippen molar-refractivity contribution in [3.63, 3.8) is 0 Å². The van der Waals surface area contributed by atoms with E-state index in [0.717, 1.165) is 18.0 Å². The van der Waals surface area contributed by atoms with Gasteiger partial charge in [0.25, 0.3) is 0 Å². The maximum absolute atomic E-state index is 9.03. The average Bonchev–Trinajstić information content (AvgIpc) is 2.94. The Bertz CT molecular complexity index is 526. The van der Waals surface area contributed by atoms with Gasteiger partial charge in [-0.3, -0.25) is 0 Å². The van der Waals surface area contributed by atoms with E-state index in [2.05, 4.69) is 23.0 Å². The first-order valence-corrected chi connectivity index (χ1v) is 7.56. The highest BCUT2D eigenvalue weighted by Gasteiger charge is 2.36. The van der Waals surface area contributed by atoms with Crippen LogP contribution in [0.15, 0.2) is 23.4 Å². The second-order valence-corrected chi connectivity index (χ2v) is 6.05. The number of hydrogen-bond donors (Lipinski definition) is 2. The Morgan fingerprint density at radius 3 is 2.90 bits per heavy atom. The lowest BCUT2D eigenvalue weighted by molar-refractivity contribution is 0.318. The number of hydrogen-bond acceptors (Lipinski definition) is 3. The highest BCUT2D eigenvalue weighted by molar-refractivity contribution is 6.02. The SMILES string of the molecule is Cc1cccc(/C(N)=N/O)c1N1CCCC2CCCC21. The van der Waals surface area contributed by atoms with E-state index in [0.29, 0.717) is 6.04 Å². The Kier molecular flexibility index (Phi) is 3.55. The minimum atomic E-state index is 0.212. The quantitative estimate of drug-likeness (QED) is 0.377. The Labute approximate surface area is 120 Å². The number of nitrogens with two attached hydrogens (primary N) is 1. The molecule has 1 saturated carbocycles. The predicted molar refractivity (Wildman–Crippen MR) is 81.4 cm³/mol. The van der Waals surface area contributed by atoms with Crippen LogP contribution < -0.4 is 10.6 Å². The van der Waals surface area contributed by atoms with Gasteiger partial charge in [-0.1, -0.05) is 23.7 Å². The van der Waals surface area contributed by atoms with Gasteiger partial charge >= 0.3 is 0 Å². The predicted octanol–water partition coefficient (Wildman–Crippen LogP) is 2.86. The van der Waals surface area contributed by atoms with E-state index in [-0.39, 0.29) is 5.84 Å². The van der Waals surface area contributed by atoms with Crippen molar-refractivity contribution in [2.45, 2.75) is 45.1 Å². The Balaban J connectivity index is 2.04. The summed E-state index contributed by atoms with van der Waals surface area (Å²) >= 11 is 0. The van der Waals surface area contributed by atoms with E-state index in [9.17, 15) is 0 Å². The molecular formula is C16H23N3O. The molecule has 2 unspecified atom stereocenters. The van der Waals surface area contributed by atoms with Gasteiger partial charge in [0.05, 0.1) is 5.69 Å². The minimum Gasteiger partial charge on any atom is -0.409 e. The first-order chi connectivity index (χ1) is 9.72. The van der Waals surface area contributed by atoms with Crippen LogP contribution in [0.4, 0.5) is 5.69 Å². The van der Waals surface area contributed by atoms with E-state index >= 15 is 0 Å². The lowest BCUT2D eigenvalue weighted by Crippen LogP contribution is -2.44. The molecule has 1 aromatic rings. The lowest BCUT2D eigenvalue weighted by atomic mass is 9.90. The largest absolute Gasteiger partial charge is 0.409 e. The Hall–Kier alpha value is -1.71. The fourth-order valence-corrected chi connectivity index (χ4v) is 4.03. The standard InChI is InChI=1S/C16H23N3O/c1-11-5-2-8-13(16(17)18-20)15(11)19-10-4-7-12-6-3-9-14(12)19/h2,5,8,12,14,20H,3-4,6-7,9-10H2,1H3,(H2,17,18). The van der Waals surface area contributed by atoms with Gasteiger partial charge in [-0.2, -0.15) is 0 Å². The summed E-state index contributed by atoms with van der Waals surface area (Å²) in [5, 5.41) is 12.2. The monoisotopic (exact) mass is 273 g/mol. The fourth-order valence-electron chi connectivity index (χ4n) is 4.03. The molecule has 1 aliphatic carbocycles. The average molecular weight is 273 g/mol. The van der Waals surface area contributed by atoms with Crippen molar-refractivity contribution in [1.82, 2.24) is 0 Å². The molecule has 0 amide bonds. The molecule has 1 aromatic carbocycles. The zero-order valence-corrected chi connectivity index (χ0v) is 12.0. The zero-order valence-electron chi connectivity index (χ0n) is 12.0. The summed E-state index contributed by atoms with van der Waals surface area (Å²) in [7, 11) is 0. The third kappa shape index (κ3) is 2.13. The van der Waals surface area contributed by atoms with Crippen molar-refractivity contribution in [3.05, 3.63) is 29.3 Å². The van der Waals surface area contributed by atoms with Gasteiger partial charge in [-0.25, -0.2) is 0 Å². The molecule has 108 valence electrons. The molecule has 3 rings (SSSR count). The minimum absolute atomic E-state index is 0.212. The second-order valence-electron chi connectivity index (χ2n) is 6.05. The van der Waals surface area contributed by atoms with Gasteiger partial charge in [0.2, 0.25) is 0 Å². The third-order valence-electron chi connectivity index (χ3n) is 4.90. The number of oxime groups is 1. The van der Waals surface area contributed by atoms with Crippen LogP contribution in [0, 0.1) is 12.8 Å². The van der Waals surface area contributed by atoms with Crippen LogP contribution in [0.5, 0.6) is 0 Å². The van der Waals surface area contributed by atoms with Gasteiger partial charge in [0, 0.05) is 18.2 Å². The van der Waals surface area contributed by atoms with Gasteiger partial charge in [0.15, 0.2) is 5.84 Å². The van der Waals surface area contributed by atoms with Gasteiger partial charge < -0.3 is 15.8 Å². The van der Waals surface area contributed by atoms with Crippen molar-refractivity contribution < 1.29 is 5.21 Å². The van der Waals surface area contributed by atoms with Gasteiger partial charge in [-0.15, -0.1) is 0 Å². The van der Waals surface area contributed by atoms with Crippen LogP contribution in [-0.4, -0.2) is 23.6 Å². The normalized spacial score (nSPS) is 26.6. The van der Waals surface area contributed by atoms with Crippen LogP contribution in [0.1, 0.15) is 43.2 Å². The summed E-state index contributed by atoms with van der Waals surface area (Å²) in [6, 6.07) is 6.68. The van der Waals surface area contributed by atoms with Crippen molar-refractivity contribution in [1.29, 1.82) is 0 Å². The smallest absolute Gasteiger partial charge is 0.172 e. The maximum atomic E-state index is 9.03. The first-order valence-electron chi connectivity index (χ1n) is 7.56. The molecule has 4 heteroatoms. The van der Waals surface area contributed by atoms with Crippen LogP contribution in [0.3, 0.4) is 0 Å². The molecule has 3 N–H and O–H groups in total. The lowest BCUT2D eigenvalue weighted by Gasteiger charge is -2.41. The summed E-state index contributed by atoms with van der Waals surface area (Å²) in [6.45, 7) is 3.19. The second kappa shape index (κ2) is 5.35. The van der Waals surface area contributed by atoms with Crippen LogP contribution in [-0.2, 0) is 0 Å². The van der Waals surface area contributed by atoms with E-state index in [1.165, 1.54) is 43.4 Å². The third-order valence-corrected chi connectivity index (χ3v) is 4.90. The van der Waals surface area contributed by atoms with Crippen molar-refractivity contribution >= 4 is 11.5 Å². The topological polar surface area (TPSA) is 61.9 Å². The molecule has 1 heterocycles. The summed E-state index contributed by atoms with van der Waals surface area (Å²) < 4.78 is 0. The molecule has 0 aromatic heterocycles. The molecule has 1 saturated heterocycles. The number of nitrogens with zero attached hydrogens (tertiary/aromatic N) is 2. The molecule has 0 bridgehead atoms. The Morgan fingerprint density at radius 2 is 2.10 bits per heavy atom. The Morgan fingerprint density at radius 1 is 1.30 bits per heavy atom. The fraction of sp³-hybridized carbons (Fsp3) is 0.562. The number of fused-ring (bicyclic) bond motifs is 1. The highest BCUT2D eigenvalue weighted by atomic mass is 16.4. The maximum Gasteiger partial charge on any atom is 0.172 e. The van der Waals surface area contributed by atoms with Crippen LogP contribution >= 0.6 is 0 Å². The van der Waals surface area contributed by atoms with Crippen LogP contribution in [0.2, 0.25) is 0 Å². The van der Waals surface area contributed by atoms with Crippen molar-refractivity contribution in [3.8, 4) is 0 Å².